The Morgan fingerprint density at radius 2 is 2.21 bits per heavy atom. The molecule has 3 heterocycles. The van der Waals surface area contributed by atoms with Crippen LogP contribution in [0.15, 0.2) is 55.8 Å². The van der Waals surface area contributed by atoms with E-state index in [9.17, 15) is 0 Å². The number of fused-ring (bicyclic) bond motifs is 1. The van der Waals surface area contributed by atoms with E-state index >= 15 is 0 Å². The van der Waals surface area contributed by atoms with E-state index in [1.165, 1.54) is 0 Å². The van der Waals surface area contributed by atoms with E-state index < -0.39 is 0 Å². The lowest BCUT2D eigenvalue weighted by atomic mass is 10.0. The minimum Gasteiger partial charge on any atom is -0.368 e. The maximum Gasteiger partial charge on any atom is 0.0924 e. The van der Waals surface area contributed by atoms with Crippen molar-refractivity contribution in [1.82, 2.24) is 30.5 Å². The van der Waals surface area contributed by atoms with Crippen LogP contribution in [0.5, 0.6) is 0 Å². The summed E-state index contributed by atoms with van der Waals surface area (Å²) in [4.78, 5) is 12.9. The largest absolute Gasteiger partial charge is 0.368 e. The fourth-order valence-corrected chi connectivity index (χ4v) is 3.86. The van der Waals surface area contributed by atoms with Crippen molar-refractivity contribution in [1.29, 1.82) is 0 Å². The summed E-state index contributed by atoms with van der Waals surface area (Å²) in [5.74, 6) is 0.829. The number of nitrogens with one attached hydrogen (secondary N) is 4. The molecular formula is C21H25ClN6. The molecule has 1 aliphatic heterocycles. The molecule has 0 spiro atoms. The minimum atomic E-state index is 0.329. The van der Waals surface area contributed by atoms with Crippen molar-refractivity contribution in [2.24, 2.45) is 0 Å². The molecule has 1 atom stereocenters. The van der Waals surface area contributed by atoms with Gasteiger partial charge in [-0.1, -0.05) is 24.8 Å². The Morgan fingerprint density at radius 1 is 1.32 bits per heavy atom. The summed E-state index contributed by atoms with van der Waals surface area (Å²) in [6.07, 6.45) is 5.72. The second-order valence-corrected chi connectivity index (χ2v) is 7.64. The minimum absolute atomic E-state index is 0.329. The summed E-state index contributed by atoms with van der Waals surface area (Å²) in [6, 6.07) is 8.29. The average molecular weight is 397 g/mol. The first-order valence-corrected chi connectivity index (χ1v) is 9.85. The molecule has 1 fully saturated rings. The third-order valence-electron chi connectivity index (χ3n) is 5.12. The Hall–Kier alpha value is -2.86. The summed E-state index contributed by atoms with van der Waals surface area (Å²) < 4.78 is 0. The van der Waals surface area contributed by atoms with E-state index in [-0.39, 0.29) is 0 Å². The Bertz CT molecular complexity index is 974. The fraction of sp³-hybridized carbons (Fsp3) is 0.286. The molecule has 0 bridgehead atoms. The standard InChI is InChI=1S/C21H25ClN6/c1-14(21-11-23-13-25-21)28-7-3-4-18(12-28)26-15(2)24-10-19-9-16-8-17(22)5-6-20(16)27-19/h5-6,8-9,11,13,18,24,26-27H,1-4,7,10,12H2,(H,23,25). The zero-order chi connectivity index (χ0) is 19.5. The van der Waals surface area contributed by atoms with Crippen molar-refractivity contribution >= 4 is 28.2 Å². The van der Waals surface area contributed by atoms with Crippen LogP contribution in [-0.2, 0) is 6.54 Å². The van der Waals surface area contributed by atoms with Crippen molar-refractivity contribution in [2.45, 2.75) is 25.4 Å². The van der Waals surface area contributed by atoms with Crippen molar-refractivity contribution in [3.63, 3.8) is 0 Å². The monoisotopic (exact) mass is 396 g/mol. The molecule has 1 saturated heterocycles. The first kappa shape index (κ1) is 18.5. The topological polar surface area (TPSA) is 71.8 Å². The van der Waals surface area contributed by atoms with Gasteiger partial charge >= 0.3 is 0 Å². The summed E-state index contributed by atoms with van der Waals surface area (Å²) in [5, 5.41) is 8.74. The molecule has 0 radical (unpaired) electrons. The van der Waals surface area contributed by atoms with Gasteiger partial charge in [0, 0.05) is 40.8 Å². The van der Waals surface area contributed by atoms with Crippen LogP contribution in [0.1, 0.15) is 24.2 Å². The van der Waals surface area contributed by atoms with E-state index in [1.54, 1.807) is 6.33 Å². The molecule has 3 aromatic rings. The van der Waals surface area contributed by atoms with Gasteiger partial charge in [0.25, 0.3) is 0 Å². The molecule has 146 valence electrons. The lowest BCUT2D eigenvalue weighted by Crippen LogP contribution is -2.46. The summed E-state index contributed by atoms with van der Waals surface area (Å²) in [5.41, 5.74) is 4.13. The molecule has 1 aromatic carbocycles. The van der Waals surface area contributed by atoms with Crippen LogP contribution in [0, 0.1) is 0 Å². The second kappa shape index (κ2) is 8.02. The maximum atomic E-state index is 6.06. The van der Waals surface area contributed by atoms with Crippen LogP contribution in [0.25, 0.3) is 16.6 Å². The molecule has 0 saturated carbocycles. The van der Waals surface area contributed by atoms with Crippen LogP contribution in [0.4, 0.5) is 0 Å². The molecule has 0 aliphatic carbocycles. The highest BCUT2D eigenvalue weighted by molar-refractivity contribution is 6.31. The number of H-pyrrole nitrogens is 2. The highest BCUT2D eigenvalue weighted by atomic mass is 35.5. The number of hydrogen-bond acceptors (Lipinski definition) is 4. The highest BCUT2D eigenvalue weighted by Gasteiger charge is 2.22. The number of rotatable bonds is 7. The fourth-order valence-electron chi connectivity index (χ4n) is 3.68. The predicted octanol–water partition coefficient (Wildman–Crippen LogP) is 3.83. The number of nitrogens with zero attached hydrogens (tertiary/aromatic N) is 2. The van der Waals surface area contributed by atoms with Crippen molar-refractivity contribution in [2.75, 3.05) is 13.1 Å². The molecule has 28 heavy (non-hydrogen) atoms. The Kier molecular flexibility index (Phi) is 5.30. The summed E-state index contributed by atoms with van der Waals surface area (Å²) in [6.45, 7) is 10.9. The number of halogens is 1. The van der Waals surface area contributed by atoms with Gasteiger partial charge in [-0.2, -0.15) is 0 Å². The number of likely N-dealkylation sites (tertiary alicyclic amines) is 1. The number of aromatic amines is 2. The van der Waals surface area contributed by atoms with E-state index in [0.717, 1.165) is 64.8 Å². The summed E-state index contributed by atoms with van der Waals surface area (Å²) in [7, 11) is 0. The second-order valence-electron chi connectivity index (χ2n) is 7.20. The first-order valence-electron chi connectivity index (χ1n) is 9.47. The number of hydrogen-bond donors (Lipinski definition) is 4. The molecule has 1 unspecified atom stereocenters. The van der Waals surface area contributed by atoms with E-state index in [1.807, 2.05) is 24.4 Å². The number of aromatic nitrogens is 3. The number of piperidine rings is 1. The van der Waals surface area contributed by atoms with Gasteiger partial charge in [-0.15, -0.1) is 0 Å². The van der Waals surface area contributed by atoms with E-state index in [0.29, 0.717) is 12.6 Å². The van der Waals surface area contributed by atoms with Gasteiger partial charge in [-0.25, -0.2) is 4.98 Å². The maximum absolute atomic E-state index is 6.06. The van der Waals surface area contributed by atoms with Gasteiger partial charge in [0.15, 0.2) is 0 Å². The summed E-state index contributed by atoms with van der Waals surface area (Å²) >= 11 is 6.06. The zero-order valence-electron chi connectivity index (χ0n) is 15.8. The Balaban J connectivity index is 1.29. The molecule has 6 nitrogen and oxygen atoms in total. The van der Waals surface area contributed by atoms with Crippen molar-refractivity contribution < 1.29 is 0 Å². The predicted molar refractivity (Wildman–Crippen MR) is 115 cm³/mol. The molecule has 2 aromatic heterocycles. The molecule has 4 N–H and O–H groups in total. The smallest absolute Gasteiger partial charge is 0.0924 e. The van der Waals surface area contributed by atoms with Gasteiger partial charge in [0.1, 0.15) is 0 Å². The molecule has 1 aliphatic rings. The van der Waals surface area contributed by atoms with Crippen LogP contribution >= 0.6 is 11.6 Å². The lowest BCUT2D eigenvalue weighted by molar-refractivity contribution is 0.271. The normalized spacial score (nSPS) is 16.9. The van der Waals surface area contributed by atoms with Gasteiger partial charge in [-0.05, 0) is 37.1 Å². The third kappa shape index (κ3) is 4.17. The SMILES string of the molecule is C=C(NCc1cc2cc(Cl)ccc2[nH]1)NC1CCCN(C(=C)c2cnc[nH]2)C1. The molecule has 0 amide bonds. The highest BCUT2D eigenvalue weighted by Crippen LogP contribution is 2.21. The Labute approximate surface area is 169 Å². The lowest BCUT2D eigenvalue weighted by Gasteiger charge is -2.36. The first-order chi connectivity index (χ1) is 13.6. The molecular weight excluding hydrogens is 372 g/mol. The molecule has 4 rings (SSSR count). The third-order valence-corrected chi connectivity index (χ3v) is 5.36. The molecule has 7 heteroatoms. The average Bonchev–Trinajstić information content (AvgIpc) is 3.35. The van der Waals surface area contributed by atoms with E-state index in [4.69, 9.17) is 11.6 Å². The quantitative estimate of drug-likeness (QED) is 0.489. The number of benzene rings is 1. The van der Waals surface area contributed by atoms with Gasteiger partial charge in [0.05, 0.1) is 36.3 Å². The zero-order valence-corrected chi connectivity index (χ0v) is 16.5. The van der Waals surface area contributed by atoms with E-state index in [2.05, 4.69) is 49.7 Å². The van der Waals surface area contributed by atoms with Gasteiger partial charge in [-0.3, -0.25) is 0 Å². The Morgan fingerprint density at radius 3 is 3.04 bits per heavy atom. The van der Waals surface area contributed by atoms with Crippen LogP contribution in [0.3, 0.4) is 0 Å². The van der Waals surface area contributed by atoms with Crippen LogP contribution < -0.4 is 10.6 Å². The van der Waals surface area contributed by atoms with Crippen LogP contribution in [0.2, 0.25) is 5.02 Å². The van der Waals surface area contributed by atoms with Crippen molar-refractivity contribution in [3.05, 3.63) is 72.2 Å². The van der Waals surface area contributed by atoms with Gasteiger partial charge in [0.2, 0.25) is 0 Å². The van der Waals surface area contributed by atoms with Crippen LogP contribution in [-0.4, -0.2) is 39.0 Å². The van der Waals surface area contributed by atoms with Crippen molar-refractivity contribution in [3.8, 4) is 0 Å². The number of imidazole rings is 1. The van der Waals surface area contributed by atoms with Gasteiger partial charge < -0.3 is 25.5 Å².